The highest BCUT2D eigenvalue weighted by atomic mass is 35.5. The van der Waals surface area contributed by atoms with Crippen LogP contribution in [-0.4, -0.2) is 28.4 Å². The van der Waals surface area contributed by atoms with Crippen LogP contribution in [0.5, 0.6) is 5.75 Å². The molecule has 0 spiro atoms. The Labute approximate surface area is 132 Å². The van der Waals surface area contributed by atoms with Gasteiger partial charge in [-0.3, -0.25) is 4.79 Å². The molecule has 0 unspecified atom stereocenters. The predicted molar refractivity (Wildman–Crippen MR) is 83.7 cm³/mol. The van der Waals surface area contributed by atoms with Crippen LogP contribution >= 0.6 is 11.6 Å². The quantitative estimate of drug-likeness (QED) is 0.693. The highest BCUT2D eigenvalue weighted by Crippen LogP contribution is 2.30. The van der Waals surface area contributed by atoms with Gasteiger partial charge in [0.2, 0.25) is 0 Å². The van der Waals surface area contributed by atoms with Gasteiger partial charge < -0.3 is 4.74 Å². The normalized spacial score (nSPS) is 10.5. The van der Waals surface area contributed by atoms with E-state index in [1.54, 1.807) is 17.9 Å². The Hall–Kier alpha value is -2.66. The van der Waals surface area contributed by atoms with Gasteiger partial charge in [-0.15, -0.1) is 5.10 Å². The molecule has 3 aromatic rings. The summed E-state index contributed by atoms with van der Waals surface area (Å²) in [5, 5.41) is 8.52. The summed E-state index contributed by atoms with van der Waals surface area (Å²) in [5.41, 5.74) is 2.26. The summed E-state index contributed by atoms with van der Waals surface area (Å²) in [6, 6.07) is 14.6. The van der Waals surface area contributed by atoms with Crippen molar-refractivity contribution >= 4 is 17.9 Å². The van der Waals surface area contributed by atoms with E-state index in [1.807, 2.05) is 42.5 Å². The standard InChI is InChI=1S/C16H12ClN3O2/c1-22-12-8-6-11(7-9-12)20-16(15(10-21)18-19-20)13-4-2-3-5-14(13)17/h2-10H,1H3. The van der Waals surface area contributed by atoms with Crippen LogP contribution in [0.25, 0.3) is 16.9 Å². The van der Waals surface area contributed by atoms with Crippen molar-refractivity contribution in [1.29, 1.82) is 0 Å². The first-order valence-corrected chi connectivity index (χ1v) is 6.92. The first-order chi connectivity index (χ1) is 10.7. The SMILES string of the molecule is COc1ccc(-n2nnc(C=O)c2-c2ccccc2Cl)cc1. The zero-order valence-corrected chi connectivity index (χ0v) is 12.5. The number of hydrogen-bond acceptors (Lipinski definition) is 4. The summed E-state index contributed by atoms with van der Waals surface area (Å²) in [6.45, 7) is 0. The number of methoxy groups -OCH3 is 1. The van der Waals surface area contributed by atoms with Gasteiger partial charge in [-0.1, -0.05) is 35.0 Å². The van der Waals surface area contributed by atoms with Crippen molar-refractivity contribution in [2.75, 3.05) is 7.11 Å². The smallest absolute Gasteiger partial charge is 0.172 e. The van der Waals surface area contributed by atoms with Gasteiger partial charge >= 0.3 is 0 Å². The van der Waals surface area contributed by atoms with Crippen LogP contribution in [0.3, 0.4) is 0 Å². The first-order valence-electron chi connectivity index (χ1n) is 6.55. The predicted octanol–water partition coefficient (Wildman–Crippen LogP) is 3.41. The van der Waals surface area contributed by atoms with E-state index in [9.17, 15) is 4.79 Å². The number of carbonyl (C=O) groups is 1. The van der Waals surface area contributed by atoms with Gasteiger partial charge in [0.25, 0.3) is 0 Å². The van der Waals surface area contributed by atoms with E-state index in [2.05, 4.69) is 10.3 Å². The van der Waals surface area contributed by atoms with Gasteiger partial charge in [0.05, 0.1) is 17.8 Å². The van der Waals surface area contributed by atoms with Crippen molar-refractivity contribution in [3.05, 3.63) is 59.2 Å². The molecule has 5 nitrogen and oxygen atoms in total. The van der Waals surface area contributed by atoms with E-state index in [0.717, 1.165) is 11.4 Å². The van der Waals surface area contributed by atoms with E-state index < -0.39 is 0 Å². The average Bonchev–Trinajstić information content (AvgIpc) is 2.99. The van der Waals surface area contributed by atoms with Crippen molar-refractivity contribution in [2.24, 2.45) is 0 Å². The lowest BCUT2D eigenvalue weighted by Gasteiger charge is -2.09. The van der Waals surface area contributed by atoms with Crippen molar-refractivity contribution in [3.8, 4) is 22.7 Å². The van der Waals surface area contributed by atoms with Gasteiger partial charge in [0.1, 0.15) is 11.4 Å². The van der Waals surface area contributed by atoms with E-state index in [4.69, 9.17) is 16.3 Å². The molecule has 2 aromatic carbocycles. The molecule has 22 heavy (non-hydrogen) atoms. The topological polar surface area (TPSA) is 57.0 Å². The van der Waals surface area contributed by atoms with E-state index >= 15 is 0 Å². The zero-order chi connectivity index (χ0) is 15.5. The van der Waals surface area contributed by atoms with Gasteiger partial charge in [-0.25, -0.2) is 4.68 Å². The molecule has 0 bridgehead atoms. The molecule has 0 saturated heterocycles. The van der Waals surface area contributed by atoms with Crippen molar-refractivity contribution in [3.63, 3.8) is 0 Å². The minimum absolute atomic E-state index is 0.240. The molecular weight excluding hydrogens is 302 g/mol. The fourth-order valence-corrected chi connectivity index (χ4v) is 2.41. The van der Waals surface area contributed by atoms with Crippen molar-refractivity contribution in [1.82, 2.24) is 15.0 Å². The molecule has 6 heteroatoms. The Bertz CT molecular complexity index is 813. The third-order valence-corrected chi connectivity index (χ3v) is 3.58. The molecule has 1 aromatic heterocycles. The summed E-state index contributed by atoms with van der Waals surface area (Å²) in [6.07, 6.45) is 0.672. The molecule has 0 aliphatic heterocycles. The number of carbonyl (C=O) groups excluding carboxylic acids is 1. The number of hydrogen-bond donors (Lipinski definition) is 0. The minimum atomic E-state index is 0.240. The highest BCUT2D eigenvalue weighted by molar-refractivity contribution is 6.33. The lowest BCUT2D eigenvalue weighted by Crippen LogP contribution is -2.00. The zero-order valence-electron chi connectivity index (χ0n) is 11.7. The summed E-state index contributed by atoms with van der Waals surface area (Å²) >= 11 is 6.25. The Morgan fingerprint density at radius 3 is 2.50 bits per heavy atom. The van der Waals surface area contributed by atoms with Crippen LogP contribution in [0, 0.1) is 0 Å². The number of nitrogens with zero attached hydrogens (tertiary/aromatic N) is 3. The second kappa shape index (κ2) is 5.99. The summed E-state index contributed by atoms with van der Waals surface area (Å²) in [5.74, 6) is 0.735. The fraction of sp³-hybridized carbons (Fsp3) is 0.0625. The molecule has 1 heterocycles. The number of ether oxygens (including phenoxy) is 1. The van der Waals surface area contributed by atoms with E-state index in [-0.39, 0.29) is 5.69 Å². The number of aromatic nitrogens is 3. The Morgan fingerprint density at radius 2 is 1.86 bits per heavy atom. The second-order valence-corrected chi connectivity index (χ2v) is 4.94. The Kier molecular flexibility index (Phi) is 3.89. The van der Waals surface area contributed by atoms with Crippen LogP contribution in [0.4, 0.5) is 0 Å². The molecule has 0 atom stereocenters. The monoisotopic (exact) mass is 313 g/mol. The molecule has 0 saturated carbocycles. The molecular formula is C16H12ClN3O2. The van der Waals surface area contributed by atoms with Crippen molar-refractivity contribution in [2.45, 2.75) is 0 Å². The summed E-state index contributed by atoms with van der Waals surface area (Å²) in [4.78, 5) is 11.3. The van der Waals surface area contributed by atoms with Crippen LogP contribution in [0.15, 0.2) is 48.5 Å². The van der Waals surface area contributed by atoms with Crippen LogP contribution < -0.4 is 4.74 Å². The molecule has 3 rings (SSSR count). The van der Waals surface area contributed by atoms with E-state index in [0.29, 0.717) is 22.6 Å². The first kappa shape index (κ1) is 14.3. The molecule has 0 fully saturated rings. The largest absolute Gasteiger partial charge is 0.497 e. The second-order valence-electron chi connectivity index (χ2n) is 4.53. The number of rotatable bonds is 4. The molecule has 0 aliphatic rings. The number of benzene rings is 2. The van der Waals surface area contributed by atoms with Gasteiger partial charge in [0.15, 0.2) is 12.0 Å². The van der Waals surface area contributed by atoms with Crippen LogP contribution in [0.1, 0.15) is 10.5 Å². The minimum Gasteiger partial charge on any atom is -0.497 e. The van der Waals surface area contributed by atoms with Crippen molar-refractivity contribution < 1.29 is 9.53 Å². The maximum absolute atomic E-state index is 11.3. The Balaban J connectivity index is 2.19. The molecule has 0 N–H and O–H groups in total. The van der Waals surface area contributed by atoms with Crippen LogP contribution in [0.2, 0.25) is 5.02 Å². The lowest BCUT2D eigenvalue weighted by atomic mass is 10.1. The molecule has 0 radical (unpaired) electrons. The third kappa shape index (κ3) is 2.46. The van der Waals surface area contributed by atoms with Gasteiger partial charge in [-0.2, -0.15) is 0 Å². The fourth-order valence-electron chi connectivity index (χ4n) is 2.18. The molecule has 0 amide bonds. The maximum atomic E-state index is 11.3. The molecule has 0 aliphatic carbocycles. The van der Waals surface area contributed by atoms with E-state index in [1.165, 1.54) is 0 Å². The average molecular weight is 314 g/mol. The summed E-state index contributed by atoms with van der Waals surface area (Å²) < 4.78 is 6.73. The van der Waals surface area contributed by atoms with Crippen LogP contribution in [-0.2, 0) is 0 Å². The summed E-state index contributed by atoms with van der Waals surface area (Å²) in [7, 11) is 1.60. The van der Waals surface area contributed by atoms with Gasteiger partial charge in [-0.05, 0) is 30.3 Å². The third-order valence-electron chi connectivity index (χ3n) is 3.25. The lowest BCUT2D eigenvalue weighted by molar-refractivity contribution is 0.111. The molecule has 110 valence electrons. The number of aldehydes is 1. The number of halogens is 1. The highest BCUT2D eigenvalue weighted by Gasteiger charge is 2.18. The Morgan fingerprint density at radius 1 is 1.14 bits per heavy atom. The van der Waals surface area contributed by atoms with Gasteiger partial charge in [0, 0.05) is 5.56 Å². The maximum Gasteiger partial charge on any atom is 0.172 e.